The standard InChI is InChI=1S/C13H19BrClNO2S/c1-4-9(2)7-10(3)16-19(17,18)11-5-6-13(15)12(14)8-11/h5-6,8-10,16H,4,7H2,1-3H3. The topological polar surface area (TPSA) is 46.2 Å². The summed E-state index contributed by atoms with van der Waals surface area (Å²) < 4.78 is 27.7. The molecule has 0 aliphatic rings. The summed E-state index contributed by atoms with van der Waals surface area (Å²) in [6.45, 7) is 6.10. The maximum Gasteiger partial charge on any atom is 0.240 e. The Morgan fingerprint density at radius 1 is 1.37 bits per heavy atom. The van der Waals surface area contributed by atoms with Gasteiger partial charge in [-0.3, -0.25) is 0 Å². The van der Waals surface area contributed by atoms with E-state index in [0.717, 1.165) is 12.8 Å². The maximum absolute atomic E-state index is 12.2. The average molecular weight is 369 g/mol. The van der Waals surface area contributed by atoms with Gasteiger partial charge < -0.3 is 0 Å². The van der Waals surface area contributed by atoms with E-state index >= 15 is 0 Å². The quantitative estimate of drug-likeness (QED) is 0.817. The second-order valence-electron chi connectivity index (χ2n) is 4.85. The van der Waals surface area contributed by atoms with Gasteiger partial charge in [-0.15, -0.1) is 0 Å². The lowest BCUT2D eigenvalue weighted by Crippen LogP contribution is -2.33. The molecular formula is C13H19BrClNO2S. The van der Waals surface area contributed by atoms with Crippen LogP contribution in [0.5, 0.6) is 0 Å². The predicted octanol–water partition coefficient (Wildman–Crippen LogP) is 4.21. The molecule has 0 amide bonds. The third kappa shape index (κ3) is 5.06. The number of hydrogen-bond donors (Lipinski definition) is 1. The van der Waals surface area contributed by atoms with Crippen molar-refractivity contribution >= 4 is 37.6 Å². The number of hydrogen-bond acceptors (Lipinski definition) is 2. The van der Waals surface area contributed by atoms with E-state index in [1.54, 1.807) is 6.07 Å². The molecule has 0 bridgehead atoms. The molecule has 1 rings (SSSR count). The zero-order valence-corrected chi connectivity index (χ0v) is 14.4. The molecule has 1 aromatic rings. The van der Waals surface area contributed by atoms with E-state index in [4.69, 9.17) is 11.6 Å². The molecule has 2 unspecified atom stereocenters. The van der Waals surface area contributed by atoms with Crippen LogP contribution in [0.2, 0.25) is 5.02 Å². The molecule has 19 heavy (non-hydrogen) atoms. The average Bonchev–Trinajstić information content (AvgIpc) is 2.31. The highest BCUT2D eigenvalue weighted by molar-refractivity contribution is 9.10. The molecule has 3 nitrogen and oxygen atoms in total. The number of rotatable bonds is 6. The van der Waals surface area contributed by atoms with Crippen molar-refractivity contribution in [2.24, 2.45) is 5.92 Å². The Kier molecular flexibility index (Phi) is 6.30. The molecule has 0 aliphatic heterocycles. The Morgan fingerprint density at radius 2 is 2.00 bits per heavy atom. The monoisotopic (exact) mass is 367 g/mol. The van der Waals surface area contributed by atoms with Crippen molar-refractivity contribution in [2.45, 2.75) is 44.6 Å². The normalized spacial score (nSPS) is 15.2. The van der Waals surface area contributed by atoms with Crippen LogP contribution in [0.4, 0.5) is 0 Å². The summed E-state index contributed by atoms with van der Waals surface area (Å²) in [5.41, 5.74) is 0. The van der Waals surface area contributed by atoms with E-state index in [1.165, 1.54) is 12.1 Å². The Balaban J connectivity index is 2.83. The van der Waals surface area contributed by atoms with Crippen molar-refractivity contribution < 1.29 is 8.42 Å². The minimum Gasteiger partial charge on any atom is -0.208 e. The summed E-state index contributed by atoms with van der Waals surface area (Å²) >= 11 is 9.09. The lowest BCUT2D eigenvalue weighted by atomic mass is 10.0. The van der Waals surface area contributed by atoms with Gasteiger partial charge in [0.05, 0.1) is 9.92 Å². The van der Waals surface area contributed by atoms with Gasteiger partial charge in [0.2, 0.25) is 10.0 Å². The number of nitrogens with one attached hydrogen (secondary N) is 1. The van der Waals surface area contributed by atoms with Crippen molar-refractivity contribution in [3.05, 3.63) is 27.7 Å². The SMILES string of the molecule is CCC(C)CC(C)NS(=O)(=O)c1ccc(Cl)c(Br)c1. The van der Waals surface area contributed by atoms with Crippen LogP contribution in [0.3, 0.4) is 0 Å². The van der Waals surface area contributed by atoms with Crippen LogP contribution < -0.4 is 4.72 Å². The van der Waals surface area contributed by atoms with Gasteiger partial charge in [-0.1, -0.05) is 31.9 Å². The fraction of sp³-hybridized carbons (Fsp3) is 0.538. The summed E-state index contributed by atoms with van der Waals surface area (Å²) in [4.78, 5) is 0.222. The van der Waals surface area contributed by atoms with Crippen molar-refractivity contribution in [1.29, 1.82) is 0 Å². The fourth-order valence-corrected chi connectivity index (χ4v) is 3.73. The van der Waals surface area contributed by atoms with Crippen LogP contribution in [-0.4, -0.2) is 14.5 Å². The lowest BCUT2D eigenvalue weighted by molar-refractivity contribution is 0.445. The molecule has 108 valence electrons. The van der Waals surface area contributed by atoms with E-state index in [-0.39, 0.29) is 10.9 Å². The predicted molar refractivity (Wildman–Crippen MR) is 83.0 cm³/mol. The molecule has 0 radical (unpaired) electrons. The summed E-state index contributed by atoms with van der Waals surface area (Å²) in [5, 5.41) is 0.492. The molecule has 0 saturated heterocycles. The van der Waals surface area contributed by atoms with Crippen molar-refractivity contribution in [1.82, 2.24) is 4.72 Å². The van der Waals surface area contributed by atoms with Crippen molar-refractivity contribution in [3.8, 4) is 0 Å². The van der Waals surface area contributed by atoms with E-state index in [2.05, 4.69) is 34.5 Å². The van der Waals surface area contributed by atoms with Crippen molar-refractivity contribution in [2.75, 3.05) is 0 Å². The van der Waals surface area contributed by atoms with Crippen LogP contribution in [0, 0.1) is 5.92 Å². The highest BCUT2D eigenvalue weighted by Gasteiger charge is 2.19. The Bertz CT molecular complexity index is 533. The first-order valence-electron chi connectivity index (χ1n) is 6.23. The highest BCUT2D eigenvalue weighted by atomic mass is 79.9. The Hall–Kier alpha value is -0.100. The van der Waals surface area contributed by atoms with E-state index in [0.29, 0.717) is 15.4 Å². The Morgan fingerprint density at radius 3 is 2.53 bits per heavy atom. The van der Waals surface area contributed by atoms with Crippen molar-refractivity contribution in [3.63, 3.8) is 0 Å². The van der Waals surface area contributed by atoms with Gasteiger partial charge >= 0.3 is 0 Å². The molecule has 0 saturated carbocycles. The lowest BCUT2D eigenvalue weighted by Gasteiger charge is -2.17. The molecule has 0 spiro atoms. The second kappa shape index (κ2) is 7.07. The third-order valence-electron chi connectivity index (χ3n) is 3.01. The van der Waals surface area contributed by atoms with Crippen LogP contribution in [-0.2, 0) is 10.0 Å². The number of halogens is 2. The van der Waals surface area contributed by atoms with Gasteiger partial charge in [0, 0.05) is 10.5 Å². The van der Waals surface area contributed by atoms with Crippen LogP contribution in [0.1, 0.15) is 33.6 Å². The molecule has 0 aliphatic carbocycles. The van der Waals surface area contributed by atoms with Crippen LogP contribution in [0.25, 0.3) is 0 Å². The van der Waals surface area contributed by atoms with E-state index in [9.17, 15) is 8.42 Å². The molecular weight excluding hydrogens is 350 g/mol. The minimum absolute atomic E-state index is 0.0885. The first-order chi connectivity index (χ1) is 8.76. The van der Waals surface area contributed by atoms with Gasteiger partial charge in [-0.05, 0) is 53.4 Å². The first kappa shape index (κ1) is 17.0. The van der Waals surface area contributed by atoms with Crippen LogP contribution in [0.15, 0.2) is 27.6 Å². The first-order valence-corrected chi connectivity index (χ1v) is 8.89. The number of sulfonamides is 1. The third-order valence-corrected chi connectivity index (χ3v) is 5.81. The van der Waals surface area contributed by atoms with Gasteiger partial charge in [0.25, 0.3) is 0 Å². The van der Waals surface area contributed by atoms with Gasteiger partial charge in [-0.25, -0.2) is 13.1 Å². The molecule has 0 aromatic heterocycles. The molecule has 0 heterocycles. The van der Waals surface area contributed by atoms with E-state index in [1.807, 2.05) is 6.92 Å². The second-order valence-corrected chi connectivity index (χ2v) is 7.82. The van der Waals surface area contributed by atoms with Gasteiger partial charge in [0.1, 0.15) is 0 Å². The maximum atomic E-state index is 12.2. The fourth-order valence-electron chi connectivity index (χ4n) is 1.80. The molecule has 1 N–H and O–H groups in total. The molecule has 2 atom stereocenters. The zero-order valence-electron chi connectivity index (χ0n) is 11.3. The Labute approximate surface area is 128 Å². The highest BCUT2D eigenvalue weighted by Crippen LogP contribution is 2.25. The summed E-state index contributed by atoms with van der Waals surface area (Å²) in [5.74, 6) is 0.495. The minimum atomic E-state index is -3.49. The molecule has 1 aromatic carbocycles. The largest absolute Gasteiger partial charge is 0.240 e. The summed E-state index contributed by atoms with van der Waals surface area (Å²) in [6, 6.07) is 4.50. The molecule has 0 fully saturated rings. The molecule has 6 heteroatoms. The van der Waals surface area contributed by atoms with Crippen LogP contribution >= 0.6 is 27.5 Å². The summed E-state index contributed by atoms with van der Waals surface area (Å²) in [7, 11) is -3.49. The zero-order chi connectivity index (χ0) is 14.6. The number of benzene rings is 1. The summed E-state index contributed by atoms with van der Waals surface area (Å²) in [6.07, 6.45) is 1.86. The van der Waals surface area contributed by atoms with E-state index < -0.39 is 10.0 Å². The van der Waals surface area contributed by atoms with Gasteiger partial charge in [-0.2, -0.15) is 0 Å². The smallest absolute Gasteiger partial charge is 0.208 e. The van der Waals surface area contributed by atoms with Gasteiger partial charge in [0.15, 0.2) is 0 Å².